The number of nitrogens with zero attached hydrogens (tertiary/aromatic N) is 2. The molecule has 1 saturated heterocycles. The minimum Gasteiger partial charge on any atom is -0.424 e. The zero-order chi connectivity index (χ0) is 30.7. The van der Waals surface area contributed by atoms with E-state index in [0.717, 1.165) is 0 Å². The van der Waals surface area contributed by atoms with Crippen molar-refractivity contribution >= 4 is 40.8 Å². The molecule has 1 spiro atoms. The first kappa shape index (κ1) is 27.2. The number of para-hydroxylation sites is 1. The second kappa shape index (κ2) is 9.95. The van der Waals surface area contributed by atoms with Gasteiger partial charge < -0.3 is 9.64 Å². The molecule has 2 aliphatic heterocycles. The lowest BCUT2D eigenvalue weighted by molar-refractivity contribution is -0.384. The number of hydrogen-bond donors (Lipinski definition) is 0. The van der Waals surface area contributed by atoms with Crippen LogP contribution in [0.4, 0.5) is 11.4 Å². The summed E-state index contributed by atoms with van der Waals surface area (Å²) in [6.07, 6.45) is 3.54. The van der Waals surface area contributed by atoms with Crippen LogP contribution in [0.2, 0.25) is 0 Å². The van der Waals surface area contributed by atoms with E-state index in [4.69, 9.17) is 4.74 Å². The molecule has 0 aromatic heterocycles. The summed E-state index contributed by atoms with van der Waals surface area (Å²) in [6, 6.07) is 23.9. The van der Waals surface area contributed by atoms with Crippen LogP contribution in [0.5, 0.6) is 5.75 Å². The number of Topliss-reactive ketones (excluding diaryl/α,β-unsaturated/α-hetero) is 3. The van der Waals surface area contributed by atoms with Crippen LogP contribution >= 0.6 is 0 Å². The van der Waals surface area contributed by atoms with Crippen molar-refractivity contribution in [3.05, 3.63) is 141 Å². The highest BCUT2D eigenvalue weighted by atomic mass is 16.6. The minimum atomic E-state index is -1.80. The Kier molecular flexibility index (Phi) is 6.14. The summed E-state index contributed by atoms with van der Waals surface area (Å²) in [5.74, 6) is -2.67. The third-order valence-electron chi connectivity index (χ3n) is 8.83. The van der Waals surface area contributed by atoms with Gasteiger partial charge in [0.15, 0.2) is 23.1 Å². The Morgan fingerprint density at radius 1 is 0.841 bits per heavy atom. The molecular formula is C35H24N2O7. The van der Waals surface area contributed by atoms with Crippen molar-refractivity contribution in [1.29, 1.82) is 0 Å². The van der Waals surface area contributed by atoms with Crippen LogP contribution in [0.25, 0.3) is 6.08 Å². The molecule has 216 valence electrons. The number of fused-ring (bicyclic) bond motifs is 5. The van der Waals surface area contributed by atoms with Crippen molar-refractivity contribution in [3.8, 4) is 5.75 Å². The highest BCUT2D eigenvalue weighted by molar-refractivity contribution is 6.32. The van der Waals surface area contributed by atoms with E-state index in [-0.39, 0.29) is 28.3 Å². The molecule has 0 amide bonds. The second-order valence-electron chi connectivity index (χ2n) is 11.1. The number of nitro groups is 1. The largest absolute Gasteiger partial charge is 0.424 e. The summed E-state index contributed by atoms with van der Waals surface area (Å²) in [4.78, 5) is 69.2. The van der Waals surface area contributed by atoms with Crippen molar-refractivity contribution in [2.45, 2.75) is 24.9 Å². The normalized spacial score (nSPS) is 20.7. The van der Waals surface area contributed by atoms with E-state index in [1.54, 1.807) is 89.8 Å². The van der Waals surface area contributed by atoms with E-state index >= 15 is 0 Å². The highest BCUT2D eigenvalue weighted by Gasteiger charge is 2.71. The molecule has 7 rings (SSSR count). The van der Waals surface area contributed by atoms with Gasteiger partial charge in [-0.05, 0) is 11.6 Å². The summed E-state index contributed by atoms with van der Waals surface area (Å²) in [6.45, 7) is 1.27. The molecule has 0 N–H and O–H groups in total. The molecule has 1 fully saturated rings. The topological polar surface area (TPSA) is 124 Å². The molecule has 9 nitrogen and oxygen atoms in total. The Morgan fingerprint density at radius 2 is 1.48 bits per heavy atom. The predicted molar refractivity (Wildman–Crippen MR) is 161 cm³/mol. The summed E-state index contributed by atoms with van der Waals surface area (Å²) in [7, 11) is 0. The minimum absolute atomic E-state index is 0.167. The molecule has 9 heteroatoms. The summed E-state index contributed by atoms with van der Waals surface area (Å²) in [5, 5.41) is 11.5. The van der Waals surface area contributed by atoms with Gasteiger partial charge in [-0.2, -0.15) is 0 Å². The van der Waals surface area contributed by atoms with E-state index in [1.807, 2.05) is 0 Å². The van der Waals surface area contributed by atoms with Crippen LogP contribution in [0.1, 0.15) is 55.0 Å². The van der Waals surface area contributed by atoms with Crippen molar-refractivity contribution in [3.63, 3.8) is 0 Å². The quantitative estimate of drug-likeness (QED) is 0.0716. The number of rotatable bonds is 5. The third kappa shape index (κ3) is 3.72. The number of carbonyl (C=O) groups excluding carboxylic acids is 4. The van der Waals surface area contributed by atoms with Crippen molar-refractivity contribution in [2.24, 2.45) is 5.41 Å². The van der Waals surface area contributed by atoms with Gasteiger partial charge in [0, 0.05) is 47.2 Å². The fraction of sp³-hybridized carbons (Fsp3) is 0.143. The molecule has 2 heterocycles. The average Bonchev–Trinajstić information content (AvgIpc) is 3.47. The van der Waals surface area contributed by atoms with Crippen LogP contribution in [0, 0.1) is 15.5 Å². The van der Waals surface area contributed by atoms with E-state index in [1.165, 1.54) is 31.2 Å². The molecule has 1 aliphatic carbocycles. The molecule has 44 heavy (non-hydrogen) atoms. The number of nitro benzene ring substituents is 1. The molecule has 0 saturated carbocycles. The van der Waals surface area contributed by atoms with Crippen molar-refractivity contribution in [2.75, 3.05) is 4.90 Å². The fourth-order valence-corrected chi connectivity index (χ4v) is 7.17. The van der Waals surface area contributed by atoms with E-state index in [9.17, 15) is 29.3 Å². The van der Waals surface area contributed by atoms with Crippen LogP contribution < -0.4 is 9.64 Å². The first-order valence-electron chi connectivity index (χ1n) is 14.1. The highest BCUT2D eigenvalue weighted by Crippen LogP contribution is 2.62. The molecule has 3 aliphatic rings. The van der Waals surface area contributed by atoms with Crippen LogP contribution in [-0.4, -0.2) is 40.3 Å². The number of carbonyl (C=O) groups is 4. The van der Waals surface area contributed by atoms with E-state index in [2.05, 4.69) is 0 Å². The number of ether oxygens (including phenoxy) is 1. The lowest BCUT2D eigenvalue weighted by atomic mass is 9.64. The van der Waals surface area contributed by atoms with E-state index in [0.29, 0.717) is 22.4 Å². The first-order valence-corrected chi connectivity index (χ1v) is 14.1. The van der Waals surface area contributed by atoms with E-state index < -0.39 is 45.9 Å². The van der Waals surface area contributed by atoms with Gasteiger partial charge in [-0.25, -0.2) is 0 Å². The molecule has 4 aromatic rings. The third-order valence-corrected chi connectivity index (χ3v) is 8.83. The number of esters is 1. The Bertz CT molecular complexity index is 1900. The number of benzene rings is 4. The SMILES string of the molecule is CC(=O)Oc1cccc2c1N1[C@@H](C(=O)c3ccccc3)[C@@H](c3ccc([N+](=O)[O-])cc3)C3(C(=O)c4ccccc4C3=O)[C@H]1C=C2. The number of ketones is 3. The monoisotopic (exact) mass is 584 g/mol. The van der Waals surface area contributed by atoms with Gasteiger partial charge >= 0.3 is 5.97 Å². The molecular weight excluding hydrogens is 560 g/mol. The van der Waals surface area contributed by atoms with Crippen LogP contribution in [0.3, 0.4) is 0 Å². The zero-order valence-corrected chi connectivity index (χ0v) is 23.4. The van der Waals surface area contributed by atoms with Gasteiger partial charge in [0.1, 0.15) is 11.5 Å². The number of non-ortho nitro benzene ring substituents is 1. The maximum absolute atomic E-state index is 14.7. The summed E-state index contributed by atoms with van der Waals surface area (Å²) >= 11 is 0. The van der Waals surface area contributed by atoms with Crippen molar-refractivity contribution in [1.82, 2.24) is 0 Å². The Labute approximate surface area is 251 Å². The van der Waals surface area contributed by atoms with Gasteiger partial charge in [-0.15, -0.1) is 0 Å². The summed E-state index contributed by atoms with van der Waals surface area (Å²) < 4.78 is 5.63. The maximum atomic E-state index is 14.7. The Morgan fingerprint density at radius 3 is 2.09 bits per heavy atom. The second-order valence-corrected chi connectivity index (χ2v) is 11.1. The maximum Gasteiger partial charge on any atom is 0.308 e. The Balaban J connectivity index is 1.56. The lowest BCUT2D eigenvalue weighted by Gasteiger charge is -2.37. The molecule has 3 atom stereocenters. The fourth-order valence-electron chi connectivity index (χ4n) is 7.17. The summed E-state index contributed by atoms with van der Waals surface area (Å²) in [5.41, 5.74) is 0.372. The van der Waals surface area contributed by atoms with Crippen molar-refractivity contribution < 1.29 is 28.8 Å². The molecule has 0 unspecified atom stereocenters. The lowest BCUT2D eigenvalue weighted by Crippen LogP contribution is -2.48. The molecule has 0 radical (unpaired) electrons. The smallest absolute Gasteiger partial charge is 0.308 e. The predicted octanol–water partition coefficient (Wildman–Crippen LogP) is 5.84. The number of hydrogen-bond acceptors (Lipinski definition) is 8. The first-order chi connectivity index (χ1) is 21.2. The van der Waals surface area contributed by atoms with Gasteiger partial charge in [-0.3, -0.25) is 29.3 Å². The van der Waals surface area contributed by atoms with Gasteiger partial charge in [0.25, 0.3) is 5.69 Å². The van der Waals surface area contributed by atoms with Crippen LogP contribution in [-0.2, 0) is 4.79 Å². The van der Waals surface area contributed by atoms with Gasteiger partial charge in [-0.1, -0.05) is 91.0 Å². The van der Waals surface area contributed by atoms with Crippen LogP contribution in [0.15, 0.2) is 103 Å². The zero-order valence-electron chi connectivity index (χ0n) is 23.4. The molecule has 0 bridgehead atoms. The van der Waals surface area contributed by atoms with Gasteiger partial charge in [0.2, 0.25) is 0 Å². The standard InChI is InChI=1S/C35H24N2O7/c1-20(38)44-27-13-7-10-22-16-19-28-35(33(40)25-11-5-6-12-26(25)34(35)41)29(21-14-17-24(18-15-21)37(42)43)31(36(28)30(22)27)32(39)23-8-3-2-4-9-23/h2-19,28-29,31H,1H3/t28-,29-,31-/m1/s1. The van der Waals surface area contributed by atoms with Gasteiger partial charge in [0.05, 0.1) is 16.7 Å². The average molecular weight is 585 g/mol. The molecule has 4 aromatic carbocycles. The Hall–Kier alpha value is -5.70. The number of anilines is 1.